The monoisotopic (exact) mass is 558 g/mol. The van der Waals surface area contributed by atoms with Crippen molar-refractivity contribution in [2.24, 2.45) is 15.4 Å². The van der Waals surface area contributed by atoms with Gasteiger partial charge in [0.25, 0.3) is 17.4 Å². The van der Waals surface area contributed by atoms with Gasteiger partial charge in [-0.05, 0) is 61.7 Å². The second-order valence-corrected chi connectivity index (χ2v) is 13.6. The number of carbonyl (C=O) groups is 2. The Morgan fingerprint density at radius 1 is 1.11 bits per heavy atom. The number of rotatable bonds is 8. The fourth-order valence-corrected chi connectivity index (χ4v) is 7.49. The lowest BCUT2D eigenvalue weighted by molar-refractivity contribution is 0.0694. The molecule has 13 heteroatoms. The van der Waals surface area contributed by atoms with E-state index in [2.05, 4.69) is 20.8 Å². The summed E-state index contributed by atoms with van der Waals surface area (Å²) in [5, 5.41) is 14.6. The molecule has 5 rings (SSSR count). The largest absolute Gasteiger partial charge is 0.348 e. The van der Waals surface area contributed by atoms with E-state index in [9.17, 15) is 22.8 Å². The van der Waals surface area contributed by atoms with Gasteiger partial charge in [-0.3, -0.25) is 14.4 Å². The number of hydrogen-bond acceptors (Lipinski definition) is 8. The van der Waals surface area contributed by atoms with Crippen LogP contribution in [0.1, 0.15) is 53.1 Å². The van der Waals surface area contributed by atoms with Crippen LogP contribution in [0.2, 0.25) is 5.02 Å². The second-order valence-electron chi connectivity index (χ2n) is 10.3. The number of fused-ring (bicyclic) bond motifs is 1. The average molecular weight is 559 g/mol. The van der Waals surface area contributed by atoms with E-state index < -0.39 is 36.7 Å². The molecule has 3 aliphatic rings. The summed E-state index contributed by atoms with van der Waals surface area (Å²) in [5.74, 6) is -0.988. The minimum Gasteiger partial charge on any atom is -0.348 e. The van der Waals surface area contributed by atoms with Crippen molar-refractivity contribution in [1.82, 2.24) is 14.8 Å². The van der Waals surface area contributed by atoms with Gasteiger partial charge in [0.1, 0.15) is 22.5 Å². The summed E-state index contributed by atoms with van der Waals surface area (Å²) in [6.45, 7) is 3.89. The highest BCUT2D eigenvalue weighted by Gasteiger charge is 2.62. The molecule has 1 saturated carbocycles. The average Bonchev–Trinajstić information content (AvgIpc) is 3.46. The van der Waals surface area contributed by atoms with Crippen LogP contribution in [-0.4, -0.2) is 64.5 Å². The molecule has 0 atom stereocenters. The summed E-state index contributed by atoms with van der Waals surface area (Å²) in [5.41, 5.74) is 0.696. The number of pyridine rings is 1. The van der Waals surface area contributed by atoms with Gasteiger partial charge in [0.05, 0.1) is 10.5 Å². The second kappa shape index (κ2) is 9.42. The molecule has 1 aromatic heterocycles. The van der Waals surface area contributed by atoms with Crippen LogP contribution in [0, 0.1) is 0 Å². The quantitative estimate of drug-likeness (QED) is 0.529. The third kappa shape index (κ3) is 4.35. The molecular formula is C25H27ClN6O5S. The van der Waals surface area contributed by atoms with Crippen LogP contribution in [0.25, 0.3) is 0 Å². The third-order valence-electron chi connectivity index (χ3n) is 7.56. The molecule has 38 heavy (non-hydrogen) atoms. The van der Waals surface area contributed by atoms with Crippen molar-refractivity contribution in [2.75, 3.05) is 19.6 Å². The Morgan fingerprint density at radius 3 is 2.45 bits per heavy atom. The SMILES string of the molecule is CC(C)(C1=NN=NC1)S(=O)(=O)C1(CN2CCn3c(ccc(C(=O)NCc4ccc(Cl)cc4)c3=O)C2=O)CC1. The molecule has 0 radical (unpaired) electrons. The molecule has 0 bridgehead atoms. The Kier molecular flexibility index (Phi) is 6.50. The summed E-state index contributed by atoms with van der Waals surface area (Å²) in [4.78, 5) is 40.6. The molecule has 3 heterocycles. The number of sulfone groups is 1. The number of benzene rings is 1. The van der Waals surface area contributed by atoms with Crippen molar-refractivity contribution < 1.29 is 18.0 Å². The minimum absolute atomic E-state index is 0.0245. The Balaban J connectivity index is 1.31. The fourth-order valence-electron chi connectivity index (χ4n) is 4.90. The molecule has 1 fully saturated rings. The van der Waals surface area contributed by atoms with E-state index in [4.69, 9.17) is 11.6 Å². The molecule has 0 spiro atoms. The molecule has 1 aliphatic carbocycles. The van der Waals surface area contributed by atoms with Crippen LogP contribution in [0.4, 0.5) is 0 Å². The van der Waals surface area contributed by atoms with Gasteiger partial charge < -0.3 is 14.8 Å². The maximum Gasteiger partial charge on any atom is 0.270 e. The Hall–Kier alpha value is -3.38. The van der Waals surface area contributed by atoms with Gasteiger partial charge in [0.15, 0.2) is 9.84 Å². The predicted octanol–water partition coefficient (Wildman–Crippen LogP) is 2.44. The van der Waals surface area contributed by atoms with Crippen molar-refractivity contribution in [3.05, 3.63) is 68.6 Å². The van der Waals surface area contributed by atoms with Crippen LogP contribution >= 0.6 is 11.6 Å². The van der Waals surface area contributed by atoms with Gasteiger partial charge in [-0.25, -0.2) is 8.42 Å². The van der Waals surface area contributed by atoms with E-state index >= 15 is 0 Å². The van der Waals surface area contributed by atoms with E-state index in [1.807, 2.05) is 0 Å². The van der Waals surface area contributed by atoms with Crippen LogP contribution < -0.4 is 10.9 Å². The lowest BCUT2D eigenvalue weighted by Gasteiger charge is -2.35. The molecule has 200 valence electrons. The van der Waals surface area contributed by atoms with E-state index in [0.29, 0.717) is 23.6 Å². The van der Waals surface area contributed by atoms with Crippen molar-refractivity contribution in [3.63, 3.8) is 0 Å². The molecule has 2 aliphatic heterocycles. The highest BCUT2D eigenvalue weighted by atomic mass is 35.5. The van der Waals surface area contributed by atoms with Crippen LogP contribution in [-0.2, 0) is 22.9 Å². The van der Waals surface area contributed by atoms with Crippen LogP contribution in [0.15, 0.2) is 56.6 Å². The van der Waals surface area contributed by atoms with E-state index in [1.54, 1.807) is 38.1 Å². The first kappa shape index (κ1) is 26.2. The van der Waals surface area contributed by atoms with Crippen LogP contribution in [0.5, 0.6) is 0 Å². The third-order valence-corrected chi connectivity index (χ3v) is 11.1. The van der Waals surface area contributed by atoms with E-state index in [0.717, 1.165) is 5.56 Å². The molecule has 2 aromatic rings. The first-order valence-electron chi connectivity index (χ1n) is 12.2. The van der Waals surface area contributed by atoms with Crippen molar-refractivity contribution in [1.29, 1.82) is 0 Å². The molecule has 1 N–H and O–H groups in total. The molecule has 0 saturated heterocycles. The summed E-state index contributed by atoms with van der Waals surface area (Å²) in [6, 6.07) is 9.75. The normalized spacial score (nSPS) is 18.2. The smallest absolute Gasteiger partial charge is 0.270 e. The zero-order valence-electron chi connectivity index (χ0n) is 21.0. The number of carbonyl (C=O) groups excluding carboxylic acids is 2. The van der Waals surface area contributed by atoms with Gasteiger partial charge in [-0.1, -0.05) is 23.7 Å². The Labute approximate surface area is 224 Å². The lowest BCUT2D eigenvalue weighted by atomic mass is 10.1. The zero-order valence-corrected chi connectivity index (χ0v) is 22.5. The highest BCUT2D eigenvalue weighted by molar-refractivity contribution is 7.95. The van der Waals surface area contributed by atoms with E-state index in [-0.39, 0.29) is 44.0 Å². The number of hydrogen-bond donors (Lipinski definition) is 1. The van der Waals surface area contributed by atoms with Crippen LogP contribution in [0.3, 0.4) is 0 Å². The highest BCUT2D eigenvalue weighted by Crippen LogP contribution is 2.49. The zero-order chi connectivity index (χ0) is 27.3. The summed E-state index contributed by atoms with van der Waals surface area (Å²) >= 11 is 5.88. The molecule has 0 unspecified atom stereocenters. The number of halogens is 1. The molecule has 11 nitrogen and oxygen atoms in total. The van der Waals surface area contributed by atoms with Crippen molar-refractivity contribution in [3.8, 4) is 0 Å². The summed E-state index contributed by atoms with van der Waals surface area (Å²) in [6.07, 6.45) is 0.868. The Bertz CT molecular complexity index is 1540. The van der Waals surface area contributed by atoms with Crippen molar-refractivity contribution >= 4 is 39.0 Å². The first-order chi connectivity index (χ1) is 18.0. The van der Waals surface area contributed by atoms with Gasteiger partial charge in [0.2, 0.25) is 0 Å². The molecule has 2 amide bonds. The van der Waals surface area contributed by atoms with Gasteiger partial charge in [-0.2, -0.15) is 5.11 Å². The summed E-state index contributed by atoms with van der Waals surface area (Å²) in [7, 11) is -3.74. The van der Waals surface area contributed by atoms with E-state index in [1.165, 1.54) is 21.6 Å². The standard InChI is InChI=1S/C25H27ClN6O5S/c1-24(2,20-14-28-30-29-20)38(36,37)25(9-10-25)15-31-11-12-32-19(23(31)35)8-7-18(22(32)34)21(33)27-13-16-3-5-17(26)6-4-16/h3-8H,9-15H2,1-2H3,(H,27,33). The maximum atomic E-state index is 13.7. The first-order valence-corrected chi connectivity index (χ1v) is 14.1. The fraction of sp³-hybridized carbons (Fsp3) is 0.440. The maximum absolute atomic E-state index is 13.7. The number of nitrogens with one attached hydrogen (secondary N) is 1. The Morgan fingerprint density at radius 2 is 1.82 bits per heavy atom. The van der Waals surface area contributed by atoms with Crippen molar-refractivity contribution in [2.45, 2.75) is 49.3 Å². The lowest BCUT2D eigenvalue weighted by Crippen LogP contribution is -2.54. The topological polar surface area (TPSA) is 143 Å². The molecule has 1 aromatic carbocycles. The van der Waals surface area contributed by atoms with Gasteiger partial charge in [0, 0.05) is 31.2 Å². The molecular weight excluding hydrogens is 532 g/mol. The minimum atomic E-state index is -3.74. The number of nitrogens with zero attached hydrogens (tertiary/aromatic N) is 5. The van der Waals surface area contributed by atoms with Gasteiger partial charge in [-0.15, -0.1) is 5.10 Å². The van der Waals surface area contributed by atoms with Gasteiger partial charge >= 0.3 is 0 Å². The number of aromatic nitrogens is 1. The predicted molar refractivity (Wildman–Crippen MR) is 141 cm³/mol. The number of amides is 2. The summed E-state index contributed by atoms with van der Waals surface area (Å²) < 4.78 is 26.3.